The smallest absolute Gasteiger partial charge is 0.0610 e. The lowest BCUT2D eigenvalue weighted by Crippen LogP contribution is -1.76. The van der Waals surface area contributed by atoms with E-state index >= 15 is 0 Å². The minimum absolute atomic E-state index is 0.0532. The third-order valence-corrected chi connectivity index (χ3v) is 1.11. The normalized spacial score (nSPS) is 42.2. The van der Waals surface area contributed by atoms with Gasteiger partial charge in [-0.05, 0) is 6.42 Å². The van der Waals surface area contributed by atoms with Crippen LogP contribution in [0.4, 0.5) is 0 Å². The third kappa shape index (κ3) is 0.455. The fourth-order valence-corrected chi connectivity index (χ4v) is 0.454. The number of rotatable bonds is 1. The van der Waals surface area contributed by atoms with Crippen LogP contribution < -0.4 is 0 Å². The van der Waals surface area contributed by atoms with Gasteiger partial charge >= 0.3 is 0 Å². The zero-order chi connectivity index (χ0) is 4.57. The molecule has 1 unspecified atom stereocenters. The number of hydrogen-bond acceptors (Lipinski definition) is 1. The van der Waals surface area contributed by atoms with Crippen molar-refractivity contribution in [2.24, 2.45) is 5.92 Å². The SMILES string of the molecule is C=CC1C[C@H]1O. The van der Waals surface area contributed by atoms with Crippen LogP contribution in [0.1, 0.15) is 6.42 Å². The maximum Gasteiger partial charge on any atom is 0.0610 e. The molecule has 2 atom stereocenters. The van der Waals surface area contributed by atoms with Gasteiger partial charge in [-0.15, -0.1) is 6.58 Å². The molecule has 0 aliphatic heterocycles. The van der Waals surface area contributed by atoms with E-state index in [1.165, 1.54) is 0 Å². The summed E-state index contributed by atoms with van der Waals surface area (Å²) in [7, 11) is 0. The van der Waals surface area contributed by atoms with Gasteiger partial charge in [-0.2, -0.15) is 0 Å². The second kappa shape index (κ2) is 1.09. The monoisotopic (exact) mass is 84.1 g/mol. The van der Waals surface area contributed by atoms with Crippen molar-refractivity contribution in [3.63, 3.8) is 0 Å². The van der Waals surface area contributed by atoms with Gasteiger partial charge in [-0.3, -0.25) is 0 Å². The molecule has 0 aromatic carbocycles. The molecule has 1 rings (SSSR count). The lowest BCUT2D eigenvalue weighted by Gasteiger charge is -1.72. The summed E-state index contributed by atoms with van der Waals surface area (Å²) in [5, 5.41) is 8.56. The summed E-state index contributed by atoms with van der Waals surface area (Å²) in [6, 6.07) is 0. The first-order valence-electron chi connectivity index (χ1n) is 2.15. The predicted octanol–water partition coefficient (Wildman–Crippen LogP) is 0.553. The number of aliphatic hydroxyl groups is 1. The first-order valence-corrected chi connectivity index (χ1v) is 2.15. The maximum absolute atomic E-state index is 8.56. The minimum atomic E-state index is -0.0532. The van der Waals surface area contributed by atoms with E-state index in [2.05, 4.69) is 6.58 Å². The molecule has 0 bridgehead atoms. The van der Waals surface area contributed by atoms with Crippen molar-refractivity contribution in [1.82, 2.24) is 0 Å². The molecule has 1 heteroatoms. The Balaban J connectivity index is 2.25. The molecule has 0 radical (unpaired) electrons. The van der Waals surface area contributed by atoms with Crippen LogP contribution in [-0.2, 0) is 0 Å². The predicted molar refractivity (Wildman–Crippen MR) is 24.3 cm³/mol. The molecule has 0 saturated heterocycles. The highest BCUT2D eigenvalue weighted by atomic mass is 16.3. The molecule has 1 N–H and O–H groups in total. The van der Waals surface area contributed by atoms with Crippen molar-refractivity contribution in [1.29, 1.82) is 0 Å². The first-order chi connectivity index (χ1) is 2.84. The largest absolute Gasteiger partial charge is 0.392 e. The fraction of sp³-hybridized carbons (Fsp3) is 0.600. The van der Waals surface area contributed by atoms with Crippen molar-refractivity contribution < 1.29 is 5.11 Å². The minimum Gasteiger partial charge on any atom is -0.392 e. The fourth-order valence-electron chi connectivity index (χ4n) is 0.454. The molecular formula is C5H8O. The summed E-state index contributed by atoms with van der Waals surface area (Å²) in [4.78, 5) is 0. The van der Waals surface area contributed by atoms with E-state index in [0.29, 0.717) is 5.92 Å². The molecule has 1 saturated carbocycles. The van der Waals surface area contributed by atoms with Gasteiger partial charge in [-0.1, -0.05) is 6.08 Å². The summed E-state index contributed by atoms with van der Waals surface area (Å²) in [5.41, 5.74) is 0. The highest BCUT2D eigenvalue weighted by Gasteiger charge is 2.31. The Kier molecular flexibility index (Phi) is 0.701. The van der Waals surface area contributed by atoms with E-state index in [9.17, 15) is 0 Å². The number of aliphatic hydroxyl groups excluding tert-OH is 1. The quantitative estimate of drug-likeness (QED) is 0.460. The van der Waals surface area contributed by atoms with Crippen LogP contribution in [-0.4, -0.2) is 11.2 Å². The molecule has 6 heavy (non-hydrogen) atoms. The number of hydrogen-bond donors (Lipinski definition) is 1. The lowest BCUT2D eigenvalue weighted by molar-refractivity contribution is 0.268. The molecule has 1 fully saturated rings. The standard InChI is InChI=1S/C5H8O/c1-2-4-3-5(4)6/h2,4-6H,1,3H2/t4?,5-/m1/s1. The van der Waals surface area contributed by atoms with Gasteiger partial charge in [0.15, 0.2) is 0 Å². The van der Waals surface area contributed by atoms with E-state index < -0.39 is 0 Å². The van der Waals surface area contributed by atoms with Gasteiger partial charge in [-0.25, -0.2) is 0 Å². The van der Waals surface area contributed by atoms with Crippen molar-refractivity contribution >= 4 is 0 Å². The Morgan fingerprint density at radius 1 is 1.83 bits per heavy atom. The van der Waals surface area contributed by atoms with E-state index in [4.69, 9.17) is 5.11 Å². The van der Waals surface area contributed by atoms with Gasteiger partial charge in [0, 0.05) is 5.92 Å². The molecule has 1 aliphatic rings. The Bertz CT molecular complexity index is 68.3. The van der Waals surface area contributed by atoms with Gasteiger partial charge < -0.3 is 5.11 Å². The second-order valence-electron chi connectivity index (χ2n) is 1.70. The van der Waals surface area contributed by atoms with Gasteiger partial charge in [0.1, 0.15) is 0 Å². The molecule has 0 aromatic rings. The van der Waals surface area contributed by atoms with Crippen LogP contribution in [0.3, 0.4) is 0 Å². The Morgan fingerprint density at radius 3 is 2.33 bits per heavy atom. The molecule has 0 amide bonds. The molecular weight excluding hydrogens is 76.1 g/mol. The van der Waals surface area contributed by atoms with Crippen LogP contribution in [0.25, 0.3) is 0 Å². The Hall–Kier alpha value is -0.300. The zero-order valence-corrected chi connectivity index (χ0v) is 3.59. The van der Waals surface area contributed by atoms with Crippen LogP contribution in [0.2, 0.25) is 0 Å². The Morgan fingerprint density at radius 2 is 2.33 bits per heavy atom. The van der Waals surface area contributed by atoms with E-state index in [1.54, 1.807) is 6.08 Å². The van der Waals surface area contributed by atoms with Crippen LogP contribution >= 0.6 is 0 Å². The van der Waals surface area contributed by atoms with E-state index in [0.717, 1.165) is 6.42 Å². The maximum atomic E-state index is 8.56. The average molecular weight is 84.1 g/mol. The van der Waals surface area contributed by atoms with Crippen LogP contribution in [0, 0.1) is 5.92 Å². The lowest BCUT2D eigenvalue weighted by atomic mass is 10.4. The van der Waals surface area contributed by atoms with Crippen molar-refractivity contribution in [2.75, 3.05) is 0 Å². The summed E-state index contributed by atoms with van der Waals surface area (Å²) < 4.78 is 0. The highest BCUT2D eigenvalue weighted by Crippen LogP contribution is 2.30. The van der Waals surface area contributed by atoms with E-state index in [-0.39, 0.29) is 6.10 Å². The summed E-state index contributed by atoms with van der Waals surface area (Å²) in [6.45, 7) is 3.51. The summed E-state index contributed by atoms with van der Waals surface area (Å²) in [6.07, 6.45) is 2.68. The molecule has 1 aliphatic carbocycles. The van der Waals surface area contributed by atoms with Crippen molar-refractivity contribution in [3.8, 4) is 0 Å². The summed E-state index contributed by atoms with van der Waals surface area (Å²) >= 11 is 0. The van der Waals surface area contributed by atoms with Gasteiger partial charge in [0.25, 0.3) is 0 Å². The molecule has 1 nitrogen and oxygen atoms in total. The molecule has 0 heterocycles. The third-order valence-electron chi connectivity index (χ3n) is 1.11. The van der Waals surface area contributed by atoms with Crippen molar-refractivity contribution in [3.05, 3.63) is 12.7 Å². The van der Waals surface area contributed by atoms with Crippen LogP contribution in [0.5, 0.6) is 0 Å². The van der Waals surface area contributed by atoms with Gasteiger partial charge in [0.2, 0.25) is 0 Å². The van der Waals surface area contributed by atoms with E-state index in [1.807, 2.05) is 0 Å². The molecule has 34 valence electrons. The van der Waals surface area contributed by atoms with Gasteiger partial charge in [0.05, 0.1) is 6.10 Å². The first kappa shape index (κ1) is 3.88. The Labute approximate surface area is 37.3 Å². The zero-order valence-electron chi connectivity index (χ0n) is 3.59. The highest BCUT2D eigenvalue weighted by molar-refractivity contribution is 4.97. The van der Waals surface area contributed by atoms with Crippen LogP contribution in [0.15, 0.2) is 12.7 Å². The molecule has 0 spiro atoms. The second-order valence-corrected chi connectivity index (χ2v) is 1.70. The average Bonchev–Trinajstić information content (AvgIpc) is 2.19. The van der Waals surface area contributed by atoms with Crippen molar-refractivity contribution in [2.45, 2.75) is 12.5 Å². The topological polar surface area (TPSA) is 20.2 Å². The molecule has 0 aromatic heterocycles. The summed E-state index contributed by atoms with van der Waals surface area (Å²) in [5.74, 6) is 0.421.